The average Bonchev–Trinajstić information content (AvgIpc) is 2.44. The Hall–Kier alpha value is -1.44. The molecule has 1 rings (SSSR count). The summed E-state index contributed by atoms with van der Waals surface area (Å²) >= 11 is 0. The molecule has 0 aliphatic heterocycles. The maximum absolute atomic E-state index is 12.2. The third-order valence-electron chi connectivity index (χ3n) is 3.61. The Bertz CT molecular complexity index is 655. The van der Waals surface area contributed by atoms with Gasteiger partial charge in [0.05, 0.1) is 11.3 Å². The summed E-state index contributed by atoms with van der Waals surface area (Å²) in [6, 6.07) is 7.02. The zero-order valence-corrected chi connectivity index (χ0v) is 15.7. The summed E-state index contributed by atoms with van der Waals surface area (Å²) in [6.45, 7) is 7.48. The quantitative estimate of drug-likeness (QED) is 0.627. The standard InChI is InChI=1S/C17H29N3O3S/c1-5-10-17(4,18)16(21)19-11-14-8-6-7-9-15(14)12-24(22,23)20-13(2)3/h6-9,13,20H,5,10-12,18H2,1-4H3,(H,19,21). The fraction of sp³-hybridized carbons (Fsp3) is 0.588. The smallest absolute Gasteiger partial charge is 0.240 e. The van der Waals surface area contributed by atoms with E-state index in [1.807, 2.05) is 19.1 Å². The summed E-state index contributed by atoms with van der Waals surface area (Å²) in [5.41, 5.74) is 6.53. The molecule has 0 saturated carbocycles. The van der Waals surface area contributed by atoms with Crippen LogP contribution >= 0.6 is 0 Å². The number of hydrogen-bond acceptors (Lipinski definition) is 4. The molecule has 0 aliphatic carbocycles. The van der Waals surface area contributed by atoms with Crippen LogP contribution in [0.15, 0.2) is 24.3 Å². The Morgan fingerprint density at radius 1 is 1.25 bits per heavy atom. The maximum atomic E-state index is 12.2. The van der Waals surface area contributed by atoms with Crippen molar-refractivity contribution in [3.63, 3.8) is 0 Å². The molecule has 4 N–H and O–H groups in total. The number of carbonyl (C=O) groups excluding carboxylic acids is 1. The molecule has 7 heteroatoms. The number of nitrogens with one attached hydrogen (secondary N) is 2. The Kier molecular flexibility index (Phi) is 7.38. The van der Waals surface area contributed by atoms with E-state index in [4.69, 9.17) is 5.73 Å². The molecule has 1 atom stereocenters. The van der Waals surface area contributed by atoms with Crippen LogP contribution in [0.1, 0.15) is 51.7 Å². The van der Waals surface area contributed by atoms with Crippen molar-refractivity contribution >= 4 is 15.9 Å². The van der Waals surface area contributed by atoms with Crippen molar-refractivity contribution in [2.24, 2.45) is 5.73 Å². The minimum Gasteiger partial charge on any atom is -0.350 e. The maximum Gasteiger partial charge on any atom is 0.240 e. The van der Waals surface area contributed by atoms with Gasteiger partial charge in [-0.2, -0.15) is 0 Å². The molecule has 0 fully saturated rings. The van der Waals surface area contributed by atoms with E-state index >= 15 is 0 Å². The first kappa shape index (κ1) is 20.6. The van der Waals surface area contributed by atoms with Crippen molar-refractivity contribution < 1.29 is 13.2 Å². The van der Waals surface area contributed by atoms with Gasteiger partial charge < -0.3 is 11.1 Å². The summed E-state index contributed by atoms with van der Waals surface area (Å²) in [5, 5.41) is 2.81. The molecular weight excluding hydrogens is 326 g/mol. The van der Waals surface area contributed by atoms with Crippen molar-refractivity contribution in [1.29, 1.82) is 0 Å². The molecule has 1 unspecified atom stereocenters. The molecule has 0 aliphatic rings. The molecule has 0 spiro atoms. The van der Waals surface area contributed by atoms with E-state index in [0.717, 1.165) is 12.0 Å². The minimum atomic E-state index is -3.42. The largest absolute Gasteiger partial charge is 0.350 e. The number of benzene rings is 1. The molecule has 24 heavy (non-hydrogen) atoms. The van der Waals surface area contributed by atoms with Crippen molar-refractivity contribution in [2.45, 2.75) is 64.4 Å². The molecule has 136 valence electrons. The molecule has 0 heterocycles. The lowest BCUT2D eigenvalue weighted by atomic mass is 9.96. The molecule has 6 nitrogen and oxygen atoms in total. The molecule has 0 saturated heterocycles. The van der Waals surface area contributed by atoms with Crippen LogP contribution in [-0.4, -0.2) is 25.9 Å². The normalized spacial score (nSPS) is 14.4. The second-order valence-electron chi connectivity index (χ2n) is 6.65. The lowest BCUT2D eigenvalue weighted by Crippen LogP contribution is -2.51. The van der Waals surface area contributed by atoms with Gasteiger partial charge in [0, 0.05) is 12.6 Å². The second kappa shape index (κ2) is 8.60. The second-order valence-corrected chi connectivity index (χ2v) is 8.40. The summed E-state index contributed by atoms with van der Waals surface area (Å²) < 4.78 is 26.8. The van der Waals surface area contributed by atoms with Crippen LogP contribution in [0.4, 0.5) is 0 Å². The molecule has 1 aromatic rings. The number of hydrogen-bond donors (Lipinski definition) is 3. The summed E-state index contributed by atoms with van der Waals surface area (Å²) in [7, 11) is -3.42. The predicted molar refractivity (Wildman–Crippen MR) is 96.7 cm³/mol. The lowest BCUT2D eigenvalue weighted by molar-refractivity contribution is -0.126. The van der Waals surface area contributed by atoms with Gasteiger partial charge in [0.25, 0.3) is 0 Å². The molecule has 0 radical (unpaired) electrons. The SMILES string of the molecule is CCCC(C)(N)C(=O)NCc1ccccc1CS(=O)(=O)NC(C)C. The highest BCUT2D eigenvalue weighted by Gasteiger charge is 2.27. The van der Waals surface area contributed by atoms with E-state index in [1.54, 1.807) is 32.9 Å². The van der Waals surface area contributed by atoms with Crippen LogP contribution in [0, 0.1) is 0 Å². The minimum absolute atomic E-state index is 0.119. The van der Waals surface area contributed by atoms with Crippen LogP contribution in [-0.2, 0) is 27.1 Å². The van der Waals surface area contributed by atoms with Crippen LogP contribution in [0.25, 0.3) is 0 Å². The molecule has 0 bridgehead atoms. The Labute approximate surface area is 145 Å². The Morgan fingerprint density at radius 3 is 2.38 bits per heavy atom. The molecule has 1 amide bonds. The van der Waals surface area contributed by atoms with Gasteiger partial charge in [-0.25, -0.2) is 13.1 Å². The van der Waals surface area contributed by atoms with E-state index in [2.05, 4.69) is 10.0 Å². The van der Waals surface area contributed by atoms with Crippen LogP contribution < -0.4 is 15.8 Å². The summed E-state index contributed by atoms with van der Waals surface area (Å²) in [4.78, 5) is 12.2. The highest BCUT2D eigenvalue weighted by Crippen LogP contribution is 2.14. The predicted octanol–water partition coefficient (Wildman–Crippen LogP) is 1.65. The third kappa shape index (κ3) is 6.59. The van der Waals surface area contributed by atoms with Gasteiger partial charge >= 0.3 is 0 Å². The van der Waals surface area contributed by atoms with E-state index in [0.29, 0.717) is 12.0 Å². The zero-order valence-electron chi connectivity index (χ0n) is 14.9. The van der Waals surface area contributed by atoms with Gasteiger partial charge in [0.1, 0.15) is 0 Å². The Balaban J connectivity index is 2.83. The van der Waals surface area contributed by atoms with Crippen molar-refractivity contribution in [1.82, 2.24) is 10.0 Å². The monoisotopic (exact) mass is 355 g/mol. The van der Waals surface area contributed by atoms with Gasteiger partial charge in [0.15, 0.2) is 0 Å². The lowest BCUT2D eigenvalue weighted by Gasteiger charge is -2.23. The van der Waals surface area contributed by atoms with Crippen molar-refractivity contribution in [3.8, 4) is 0 Å². The van der Waals surface area contributed by atoms with E-state index in [9.17, 15) is 13.2 Å². The van der Waals surface area contributed by atoms with Crippen LogP contribution in [0.5, 0.6) is 0 Å². The topological polar surface area (TPSA) is 101 Å². The van der Waals surface area contributed by atoms with Gasteiger partial charge in [0.2, 0.25) is 15.9 Å². The highest BCUT2D eigenvalue weighted by molar-refractivity contribution is 7.88. The van der Waals surface area contributed by atoms with Crippen LogP contribution in [0.2, 0.25) is 0 Å². The van der Waals surface area contributed by atoms with E-state index in [1.165, 1.54) is 0 Å². The Morgan fingerprint density at radius 2 is 1.83 bits per heavy atom. The fourth-order valence-electron chi connectivity index (χ4n) is 2.49. The summed E-state index contributed by atoms with van der Waals surface area (Å²) in [6.07, 6.45) is 1.41. The van der Waals surface area contributed by atoms with E-state index < -0.39 is 15.6 Å². The number of carbonyl (C=O) groups is 1. The number of nitrogens with two attached hydrogens (primary N) is 1. The van der Waals surface area contributed by atoms with E-state index in [-0.39, 0.29) is 24.2 Å². The third-order valence-corrected chi connectivity index (χ3v) is 5.13. The highest BCUT2D eigenvalue weighted by atomic mass is 32.2. The van der Waals surface area contributed by atoms with Gasteiger partial charge in [-0.1, -0.05) is 37.6 Å². The first-order chi connectivity index (χ1) is 11.1. The van der Waals surface area contributed by atoms with Gasteiger partial charge in [-0.15, -0.1) is 0 Å². The average molecular weight is 356 g/mol. The number of rotatable bonds is 9. The van der Waals surface area contributed by atoms with Gasteiger partial charge in [-0.3, -0.25) is 4.79 Å². The first-order valence-corrected chi connectivity index (χ1v) is 9.86. The molecule has 0 aromatic heterocycles. The molecular formula is C17H29N3O3S. The zero-order chi connectivity index (χ0) is 18.4. The first-order valence-electron chi connectivity index (χ1n) is 8.21. The molecule has 1 aromatic carbocycles. The van der Waals surface area contributed by atoms with Crippen LogP contribution in [0.3, 0.4) is 0 Å². The van der Waals surface area contributed by atoms with Gasteiger partial charge in [-0.05, 0) is 38.3 Å². The van der Waals surface area contributed by atoms with Crippen molar-refractivity contribution in [3.05, 3.63) is 35.4 Å². The van der Waals surface area contributed by atoms with Crippen molar-refractivity contribution in [2.75, 3.05) is 0 Å². The number of sulfonamides is 1. The summed E-state index contributed by atoms with van der Waals surface area (Å²) in [5.74, 6) is -0.353. The number of amides is 1. The fourth-order valence-corrected chi connectivity index (χ4v) is 3.98.